The molecular formula is C20H18ClNO2S. The molecule has 3 nitrogen and oxygen atoms in total. The fraction of sp³-hybridized carbons (Fsp3) is 0.200. The van der Waals surface area contributed by atoms with E-state index in [0.717, 1.165) is 22.4 Å². The van der Waals surface area contributed by atoms with Crippen molar-refractivity contribution in [2.45, 2.75) is 20.4 Å². The summed E-state index contributed by atoms with van der Waals surface area (Å²) in [6, 6.07) is 14.9. The average molecular weight is 372 g/mol. The summed E-state index contributed by atoms with van der Waals surface area (Å²) in [6.45, 7) is 4.22. The Morgan fingerprint density at radius 3 is 2.20 bits per heavy atom. The number of carbonyl (C=O) groups is 2. The average Bonchev–Trinajstić information content (AvgIpc) is 2.83. The third-order valence-electron chi connectivity index (χ3n) is 4.01. The molecule has 0 saturated carbocycles. The molecule has 3 rings (SSSR count). The van der Waals surface area contributed by atoms with E-state index < -0.39 is 0 Å². The molecule has 0 spiro atoms. The van der Waals surface area contributed by atoms with E-state index in [-0.39, 0.29) is 18.4 Å². The van der Waals surface area contributed by atoms with Crippen molar-refractivity contribution in [3.05, 3.63) is 75.1 Å². The summed E-state index contributed by atoms with van der Waals surface area (Å²) in [5, 5.41) is 0.628. The number of aryl methyl sites for hydroxylation is 1. The summed E-state index contributed by atoms with van der Waals surface area (Å²) < 4.78 is 0. The second-order valence-electron chi connectivity index (χ2n) is 5.83. The van der Waals surface area contributed by atoms with Gasteiger partial charge in [-0.15, -0.1) is 11.8 Å². The van der Waals surface area contributed by atoms with Crippen LogP contribution in [-0.4, -0.2) is 22.5 Å². The van der Waals surface area contributed by atoms with Gasteiger partial charge in [0.25, 0.3) is 11.8 Å². The van der Waals surface area contributed by atoms with E-state index in [0.29, 0.717) is 15.5 Å². The number of hydrogen-bond acceptors (Lipinski definition) is 3. The van der Waals surface area contributed by atoms with Gasteiger partial charge < -0.3 is 0 Å². The Balaban J connectivity index is 1.95. The molecule has 1 aliphatic rings. The molecule has 2 amide bonds. The largest absolute Gasteiger partial charge is 0.269 e. The van der Waals surface area contributed by atoms with E-state index in [1.54, 1.807) is 12.1 Å². The molecule has 0 fully saturated rings. The van der Waals surface area contributed by atoms with Crippen LogP contribution in [-0.2, 0) is 16.1 Å². The number of amides is 2. The summed E-state index contributed by atoms with van der Waals surface area (Å²) in [4.78, 5) is 27.6. The van der Waals surface area contributed by atoms with Crippen LogP contribution in [0, 0.1) is 6.92 Å². The number of rotatable bonds is 5. The van der Waals surface area contributed by atoms with Crippen LogP contribution in [0.2, 0.25) is 5.02 Å². The lowest BCUT2D eigenvalue weighted by Crippen LogP contribution is -2.30. The highest BCUT2D eigenvalue weighted by molar-refractivity contribution is 8.04. The zero-order chi connectivity index (χ0) is 18.0. The van der Waals surface area contributed by atoms with Crippen LogP contribution in [0.5, 0.6) is 0 Å². The molecule has 5 heteroatoms. The summed E-state index contributed by atoms with van der Waals surface area (Å²) in [5.41, 5.74) is 3.28. The monoisotopic (exact) mass is 371 g/mol. The lowest BCUT2D eigenvalue weighted by atomic mass is 10.0. The van der Waals surface area contributed by atoms with Crippen molar-refractivity contribution in [3.8, 4) is 0 Å². The van der Waals surface area contributed by atoms with Gasteiger partial charge in [0.15, 0.2) is 0 Å². The third-order valence-corrected chi connectivity index (χ3v) is 5.22. The third kappa shape index (κ3) is 3.65. The highest BCUT2D eigenvalue weighted by atomic mass is 35.5. The van der Waals surface area contributed by atoms with Crippen LogP contribution in [0.4, 0.5) is 0 Å². The molecule has 0 saturated heterocycles. The predicted octanol–water partition coefficient (Wildman–Crippen LogP) is 4.68. The smallest absolute Gasteiger partial charge is 0.268 e. The minimum Gasteiger partial charge on any atom is -0.269 e. The van der Waals surface area contributed by atoms with Gasteiger partial charge in [-0.05, 0) is 35.9 Å². The van der Waals surface area contributed by atoms with Crippen molar-refractivity contribution in [1.29, 1.82) is 0 Å². The Morgan fingerprint density at radius 1 is 0.960 bits per heavy atom. The molecule has 0 bridgehead atoms. The number of halogens is 1. The van der Waals surface area contributed by atoms with Gasteiger partial charge in [-0.1, -0.05) is 60.5 Å². The first-order valence-electron chi connectivity index (χ1n) is 8.06. The summed E-state index contributed by atoms with van der Waals surface area (Å²) in [7, 11) is 0. The molecule has 0 atom stereocenters. The second kappa shape index (κ2) is 7.46. The van der Waals surface area contributed by atoms with Crippen LogP contribution in [0.15, 0.2) is 53.4 Å². The van der Waals surface area contributed by atoms with Gasteiger partial charge in [-0.2, -0.15) is 0 Å². The maximum atomic E-state index is 13.0. The van der Waals surface area contributed by atoms with Gasteiger partial charge in [0.1, 0.15) is 0 Å². The van der Waals surface area contributed by atoms with Gasteiger partial charge in [-0.3, -0.25) is 14.5 Å². The molecule has 0 N–H and O–H groups in total. The first-order chi connectivity index (χ1) is 12.0. The Bertz CT molecular complexity index is 841. The number of nitrogens with zero attached hydrogens (tertiary/aromatic N) is 1. The quantitative estimate of drug-likeness (QED) is 0.716. The van der Waals surface area contributed by atoms with Crippen LogP contribution in [0.25, 0.3) is 5.57 Å². The van der Waals surface area contributed by atoms with Gasteiger partial charge in [0, 0.05) is 5.02 Å². The summed E-state index contributed by atoms with van der Waals surface area (Å²) in [5.74, 6) is 0.278. The topological polar surface area (TPSA) is 37.4 Å². The van der Waals surface area contributed by atoms with Gasteiger partial charge in [0.05, 0.1) is 17.0 Å². The molecule has 0 radical (unpaired) electrons. The van der Waals surface area contributed by atoms with Crippen LogP contribution >= 0.6 is 23.4 Å². The molecule has 128 valence electrons. The van der Waals surface area contributed by atoms with Gasteiger partial charge in [0.2, 0.25) is 0 Å². The van der Waals surface area contributed by atoms with E-state index in [1.165, 1.54) is 16.7 Å². The van der Waals surface area contributed by atoms with E-state index in [2.05, 4.69) is 0 Å². The van der Waals surface area contributed by atoms with Crippen molar-refractivity contribution >= 4 is 40.8 Å². The maximum Gasteiger partial charge on any atom is 0.268 e. The Kier molecular flexibility index (Phi) is 5.30. The molecule has 2 aromatic carbocycles. The number of imide groups is 1. The molecule has 0 aromatic heterocycles. The Morgan fingerprint density at radius 2 is 1.60 bits per heavy atom. The lowest BCUT2D eigenvalue weighted by molar-refractivity contribution is -0.137. The standard InChI is InChI=1S/C20H18ClNO2S/c1-3-25-18-17(15-8-4-13(2)5-9-15)19(23)22(20(18)24)12-14-6-10-16(21)11-7-14/h4-11H,3,12H2,1-2H3. The molecule has 1 aliphatic heterocycles. The first kappa shape index (κ1) is 17.8. The predicted molar refractivity (Wildman–Crippen MR) is 103 cm³/mol. The zero-order valence-electron chi connectivity index (χ0n) is 14.1. The molecule has 0 aliphatic carbocycles. The van der Waals surface area contributed by atoms with Crippen molar-refractivity contribution in [3.63, 3.8) is 0 Å². The minimum absolute atomic E-state index is 0.220. The number of thioether (sulfide) groups is 1. The van der Waals surface area contributed by atoms with Crippen LogP contribution < -0.4 is 0 Å². The molecule has 1 heterocycles. The first-order valence-corrected chi connectivity index (χ1v) is 9.42. The van der Waals surface area contributed by atoms with E-state index in [9.17, 15) is 9.59 Å². The van der Waals surface area contributed by atoms with Crippen molar-refractivity contribution in [2.24, 2.45) is 0 Å². The highest BCUT2D eigenvalue weighted by Gasteiger charge is 2.38. The van der Waals surface area contributed by atoms with Crippen molar-refractivity contribution in [1.82, 2.24) is 4.90 Å². The second-order valence-corrected chi connectivity index (χ2v) is 7.54. The van der Waals surface area contributed by atoms with E-state index in [1.807, 2.05) is 50.2 Å². The molecule has 0 unspecified atom stereocenters. The molecule has 2 aromatic rings. The summed E-state index contributed by atoms with van der Waals surface area (Å²) in [6.07, 6.45) is 0. The van der Waals surface area contributed by atoms with Crippen molar-refractivity contribution < 1.29 is 9.59 Å². The fourth-order valence-electron chi connectivity index (χ4n) is 2.72. The number of carbonyl (C=O) groups excluding carboxylic acids is 2. The normalized spacial score (nSPS) is 14.6. The minimum atomic E-state index is -0.236. The van der Waals surface area contributed by atoms with E-state index >= 15 is 0 Å². The molecule has 25 heavy (non-hydrogen) atoms. The van der Waals surface area contributed by atoms with Crippen LogP contribution in [0.1, 0.15) is 23.6 Å². The maximum absolute atomic E-state index is 13.0. The Labute approximate surface area is 156 Å². The van der Waals surface area contributed by atoms with Crippen molar-refractivity contribution in [2.75, 3.05) is 5.75 Å². The summed E-state index contributed by atoms with van der Waals surface area (Å²) >= 11 is 7.33. The van der Waals surface area contributed by atoms with E-state index in [4.69, 9.17) is 11.6 Å². The zero-order valence-corrected chi connectivity index (χ0v) is 15.7. The molecular weight excluding hydrogens is 354 g/mol. The number of hydrogen-bond donors (Lipinski definition) is 0. The highest BCUT2D eigenvalue weighted by Crippen LogP contribution is 2.36. The number of benzene rings is 2. The Hall–Kier alpha value is -2.04. The van der Waals surface area contributed by atoms with Gasteiger partial charge in [-0.25, -0.2) is 0 Å². The SMILES string of the molecule is CCSC1=C(c2ccc(C)cc2)C(=O)N(Cc2ccc(Cl)cc2)C1=O. The lowest BCUT2D eigenvalue weighted by Gasteiger charge is -2.15. The van der Waals surface area contributed by atoms with Gasteiger partial charge >= 0.3 is 0 Å². The van der Waals surface area contributed by atoms with Crippen LogP contribution in [0.3, 0.4) is 0 Å². The fourth-order valence-corrected chi connectivity index (χ4v) is 3.72.